The molecular formula is C59H108O11Si3. The zero-order valence-electron chi connectivity index (χ0n) is 51.1. The fourth-order valence-corrected chi connectivity index (χ4v) is 13.7. The standard InChI is InChI=1S/C59H108O11Si3/c1-39(34-42(4)53(68-71(21,22)57(9,10)11)45(7)52-43(5)36-63-56(67-52)47-28-31-48(62-20)32-29-47)33-41(3)51(65-38-61-19)40(2)27-30-49(64-37-60-18)35-50-44(6)54(69-72(23,24)58(12,13)14)46(8)55(66-50)70-73(25,26)59(15,16)17/h28-29,31-33,40-46,49-56H,34-38H2,1-26H3/b39-33-/t40-,41-,42-,43-,44-,45+,46+,49+,50-,51-,52-,53+,54-,55+,56?/m0/s1. The van der Waals surface area contributed by atoms with Crippen LogP contribution in [0, 0.1) is 53.3 Å². The first-order valence-corrected chi connectivity index (χ1v) is 36.2. The van der Waals surface area contributed by atoms with Gasteiger partial charge in [-0.15, -0.1) is 0 Å². The van der Waals surface area contributed by atoms with Gasteiger partial charge in [0.25, 0.3) is 0 Å². The topological polar surface area (TPSA) is 102 Å². The molecule has 2 heterocycles. The lowest BCUT2D eigenvalue weighted by molar-refractivity contribution is -0.256. The Bertz CT molecular complexity index is 1890. The van der Waals surface area contributed by atoms with Crippen LogP contribution in [0.4, 0.5) is 0 Å². The second kappa shape index (κ2) is 27.4. The number of allylic oxidation sites excluding steroid dienone is 1. The molecule has 2 aliphatic rings. The van der Waals surface area contributed by atoms with E-state index in [1.54, 1.807) is 21.3 Å². The molecule has 73 heavy (non-hydrogen) atoms. The van der Waals surface area contributed by atoms with Gasteiger partial charge in [-0.2, -0.15) is 0 Å². The van der Waals surface area contributed by atoms with Gasteiger partial charge >= 0.3 is 0 Å². The molecule has 2 aliphatic heterocycles. The highest BCUT2D eigenvalue weighted by molar-refractivity contribution is 6.75. The Hall–Kier alpha value is -1.43. The third-order valence-electron chi connectivity index (χ3n) is 17.3. The fraction of sp³-hybridized carbons (Fsp3) is 0.831. The van der Waals surface area contributed by atoms with Gasteiger partial charge in [-0.25, -0.2) is 0 Å². The van der Waals surface area contributed by atoms with E-state index in [0.29, 0.717) is 13.0 Å². The maximum absolute atomic E-state index is 7.45. The van der Waals surface area contributed by atoms with E-state index in [1.807, 2.05) is 24.3 Å². The van der Waals surface area contributed by atoms with Crippen molar-refractivity contribution in [2.24, 2.45) is 41.4 Å². The van der Waals surface area contributed by atoms with Crippen LogP contribution in [-0.2, 0) is 46.4 Å². The van der Waals surface area contributed by atoms with Crippen molar-refractivity contribution >= 4 is 25.0 Å². The molecule has 0 spiro atoms. The smallest absolute Gasteiger partial charge is 0.195 e. The Balaban J connectivity index is 1.94. The molecule has 11 nitrogen and oxygen atoms in total. The number of methoxy groups -OCH3 is 3. The van der Waals surface area contributed by atoms with Crippen LogP contribution in [0.2, 0.25) is 54.4 Å². The Morgan fingerprint density at radius 1 is 0.712 bits per heavy atom. The summed E-state index contributed by atoms with van der Waals surface area (Å²) in [4.78, 5) is 0. The van der Waals surface area contributed by atoms with E-state index in [1.165, 1.54) is 5.57 Å². The van der Waals surface area contributed by atoms with E-state index < -0.39 is 43.6 Å². The van der Waals surface area contributed by atoms with Crippen molar-refractivity contribution in [3.8, 4) is 17.6 Å². The van der Waals surface area contributed by atoms with Crippen LogP contribution in [0.1, 0.15) is 142 Å². The molecule has 0 N–H and O–H groups in total. The monoisotopic (exact) mass is 1080 g/mol. The fourth-order valence-electron chi connectivity index (χ4n) is 9.51. The van der Waals surface area contributed by atoms with Crippen molar-refractivity contribution in [1.82, 2.24) is 0 Å². The number of ether oxygens (including phenoxy) is 8. The van der Waals surface area contributed by atoms with Crippen molar-refractivity contribution in [1.29, 1.82) is 0 Å². The van der Waals surface area contributed by atoms with Crippen molar-refractivity contribution in [2.75, 3.05) is 41.5 Å². The molecule has 0 aliphatic carbocycles. The van der Waals surface area contributed by atoms with Gasteiger partial charge in [0.1, 0.15) is 25.4 Å². The minimum atomic E-state index is -2.20. The molecule has 1 aromatic carbocycles. The van der Waals surface area contributed by atoms with Crippen LogP contribution in [-0.4, -0.2) is 109 Å². The SMILES string of the molecule is COCO[C@@H]([C@@H](C)C#C[C@H](C[C@@H]1O[C@H](O[Si](C)(C)C(C)(C)C)[C@H](C)[C@@H](O[Si](C)(C)C(C)(C)C)[C@H]1C)OCOC)[C@@H](C)/C=C(/C)C[C@H](C)[C@@H](O[Si](C)(C)C(C)(C)C)[C@H](C)[C@H]1OC(c2ccc(OC)cc2)OC[C@@H]1C. The predicted octanol–water partition coefficient (Wildman–Crippen LogP) is 14.8. The van der Waals surface area contributed by atoms with E-state index in [0.717, 1.165) is 17.7 Å². The van der Waals surface area contributed by atoms with Crippen LogP contribution in [0.25, 0.3) is 0 Å². The summed E-state index contributed by atoms with van der Waals surface area (Å²) >= 11 is 0. The highest BCUT2D eigenvalue weighted by Gasteiger charge is 2.51. The van der Waals surface area contributed by atoms with E-state index in [4.69, 9.17) is 51.2 Å². The summed E-state index contributed by atoms with van der Waals surface area (Å²) in [5, 5.41) is 0.108. The Morgan fingerprint density at radius 3 is 1.79 bits per heavy atom. The molecule has 2 saturated heterocycles. The molecule has 14 heteroatoms. The highest BCUT2D eigenvalue weighted by Crippen LogP contribution is 2.46. The second-order valence-electron chi connectivity index (χ2n) is 26.7. The van der Waals surface area contributed by atoms with Crippen molar-refractivity contribution in [3.05, 3.63) is 41.5 Å². The van der Waals surface area contributed by atoms with Crippen LogP contribution in [0.15, 0.2) is 35.9 Å². The second-order valence-corrected chi connectivity index (χ2v) is 40.9. The molecule has 0 amide bonds. The quantitative estimate of drug-likeness (QED) is 0.0428. The Morgan fingerprint density at radius 2 is 1.26 bits per heavy atom. The molecular weight excluding hydrogens is 969 g/mol. The predicted molar refractivity (Wildman–Crippen MR) is 306 cm³/mol. The molecule has 15 atom stereocenters. The zero-order chi connectivity index (χ0) is 55.7. The molecule has 0 saturated carbocycles. The normalized spacial score (nSPS) is 27.0. The summed E-state index contributed by atoms with van der Waals surface area (Å²) in [6.07, 6.45) is 1.80. The first kappa shape index (κ1) is 65.9. The molecule has 422 valence electrons. The summed E-state index contributed by atoms with van der Waals surface area (Å²) in [7, 11) is -1.56. The van der Waals surface area contributed by atoms with Crippen molar-refractivity contribution in [3.63, 3.8) is 0 Å². The van der Waals surface area contributed by atoms with E-state index >= 15 is 0 Å². The Labute approximate surface area is 450 Å². The van der Waals surface area contributed by atoms with E-state index in [-0.39, 0.29) is 101 Å². The minimum absolute atomic E-state index is 0.0174. The highest BCUT2D eigenvalue weighted by atomic mass is 28.4. The number of benzene rings is 1. The van der Waals surface area contributed by atoms with Crippen LogP contribution in [0.3, 0.4) is 0 Å². The zero-order valence-corrected chi connectivity index (χ0v) is 54.1. The first-order chi connectivity index (χ1) is 33.5. The molecule has 1 unspecified atom stereocenters. The largest absolute Gasteiger partial charge is 0.497 e. The average molecular weight is 1080 g/mol. The molecule has 0 aromatic heterocycles. The van der Waals surface area contributed by atoms with Crippen molar-refractivity contribution < 1.29 is 51.2 Å². The molecule has 2 fully saturated rings. The summed E-state index contributed by atoms with van der Waals surface area (Å²) in [6.45, 7) is 53.5. The Kier molecular flexibility index (Phi) is 24.8. The number of hydrogen-bond acceptors (Lipinski definition) is 11. The third kappa shape index (κ3) is 18.3. The summed E-state index contributed by atoms with van der Waals surface area (Å²) in [6, 6.07) is 7.98. The molecule has 3 rings (SSSR count). The number of hydrogen-bond donors (Lipinski definition) is 0. The summed E-state index contributed by atoms with van der Waals surface area (Å²) in [5.74, 6) is 8.42. The van der Waals surface area contributed by atoms with Gasteiger partial charge in [0.15, 0.2) is 37.5 Å². The third-order valence-corrected chi connectivity index (χ3v) is 30.7. The van der Waals surface area contributed by atoms with Gasteiger partial charge in [0, 0.05) is 61.7 Å². The maximum atomic E-state index is 7.45. The molecule has 0 radical (unpaired) electrons. The minimum Gasteiger partial charge on any atom is -0.497 e. The van der Waals surface area contributed by atoms with E-state index in [9.17, 15) is 0 Å². The van der Waals surface area contributed by atoms with Crippen LogP contribution >= 0.6 is 0 Å². The van der Waals surface area contributed by atoms with Gasteiger partial charge in [0.05, 0.1) is 44.2 Å². The summed E-state index contributed by atoms with van der Waals surface area (Å²) in [5.41, 5.74) is 2.26. The lowest BCUT2D eigenvalue weighted by Gasteiger charge is -2.51. The van der Waals surface area contributed by atoms with Gasteiger partial charge < -0.3 is 51.2 Å². The van der Waals surface area contributed by atoms with Gasteiger partial charge in [0.2, 0.25) is 0 Å². The number of rotatable bonds is 24. The summed E-state index contributed by atoms with van der Waals surface area (Å²) < 4.78 is 71.3. The first-order valence-electron chi connectivity index (χ1n) is 27.5. The van der Waals surface area contributed by atoms with Gasteiger partial charge in [-0.05, 0) is 92.7 Å². The lowest BCUT2D eigenvalue weighted by Crippen LogP contribution is -2.58. The van der Waals surface area contributed by atoms with Gasteiger partial charge in [-0.3, -0.25) is 0 Å². The van der Waals surface area contributed by atoms with Crippen molar-refractivity contribution in [2.45, 2.75) is 234 Å². The van der Waals surface area contributed by atoms with Crippen LogP contribution < -0.4 is 4.74 Å². The maximum Gasteiger partial charge on any atom is 0.195 e. The van der Waals surface area contributed by atoms with E-state index in [2.05, 4.69) is 175 Å². The molecule has 1 aromatic rings. The van der Waals surface area contributed by atoms with Gasteiger partial charge in [-0.1, -0.05) is 139 Å². The lowest BCUT2D eigenvalue weighted by atomic mass is 9.81. The van der Waals surface area contributed by atoms with Crippen LogP contribution in [0.5, 0.6) is 5.75 Å². The molecule has 0 bridgehead atoms. The average Bonchev–Trinajstić information content (AvgIpc) is 3.28.